The van der Waals surface area contributed by atoms with Crippen molar-refractivity contribution < 1.29 is 0 Å². The Balaban J connectivity index is 2.61. The maximum absolute atomic E-state index is 6.29. The molecule has 4 heteroatoms. The summed E-state index contributed by atoms with van der Waals surface area (Å²) >= 11 is 18.5. The van der Waals surface area contributed by atoms with Gasteiger partial charge in [-0.25, -0.2) is 0 Å². The van der Waals surface area contributed by atoms with Crippen molar-refractivity contribution in [2.45, 2.75) is 13.5 Å². The van der Waals surface area contributed by atoms with Gasteiger partial charge in [-0.1, -0.05) is 46.9 Å². The van der Waals surface area contributed by atoms with Crippen LogP contribution in [-0.4, -0.2) is 7.05 Å². The highest BCUT2D eigenvalue weighted by molar-refractivity contribution is 6.41. The fourth-order valence-corrected chi connectivity index (χ4v) is 3.07. The van der Waals surface area contributed by atoms with Crippen molar-refractivity contribution in [3.8, 4) is 11.1 Å². The Kier molecular flexibility index (Phi) is 4.75. The zero-order valence-electron chi connectivity index (χ0n) is 10.7. The van der Waals surface area contributed by atoms with Gasteiger partial charge in [0.15, 0.2) is 0 Å². The smallest absolute Gasteiger partial charge is 0.0514 e. The predicted octanol–water partition coefficient (Wildman–Crippen LogP) is 5.34. The highest BCUT2D eigenvalue weighted by Crippen LogP contribution is 2.38. The fourth-order valence-electron chi connectivity index (χ4n) is 2.05. The molecule has 0 aliphatic heterocycles. The van der Waals surface area contributed by atoms with Crippen molar-refractivity contribution in [1.29, 1.82) is 0 Å². The second-order valence-electron chi connectivity index (χ2n) is 4.42. The van der Waals surface area contributed by atoms with Gasteiger partial charge in [0.05, 0.1) is 10.0 Å². The summed E-state index contributed by atoms with van der Waals surface area (Å²) in [6, 6.07) is 9.70. The fraction of sp³-hybridized carbons (Fsp3) is 0.200. The van der Waals surface area contributed by atoms with Gasteiger partial charge in [-0.3, -0.25) is 0 Å². The van der Waals surface area contributed by atoms with E-state index in [1.807, 2.05) is 14.0 Å². The third-order valence-electron chi connectivity index (χ3n) is 2.96. The van der Waals surface area contributed by atoms with E-state index in [4.69, 9.17) is 34.8 Å². The Morgan fingerprint density at radius 2 is 1.63 bits per heavy atom. The molecule has 100 valence electrons. The molecule has 2 rings (SSSR count). The minimum Gasteiger partial charge on any atom is -0.316 e. The van der Waals surface area contributed by atoms with E-state index >= 15 is 0 Å². The molecule has 0 aliphatic rings. The first-order valence-electron chi connectivity index (χ1n) is 5.92. The van der Waals surface area contributed by atoms with Gasteiger partial charge in [-0.05, 0) is 48.9 Å². The van der Waals surface area contributed by atoms with E-state index in [0.717, 1.165) is 23.2 Å². The van der Waals surface area contributed by atoms with Crippen LogP contribution < -0.4 is 5.32 Å². The molecular formula is C15H14Cl3N. The lowest BCUT2D eigenvalue weighted by Crippen LogP contribution is -2.05. The van der Waals surface area contributed by atoms with E-state index in [1.54, 1.807) is 12.1 Å². The molecular weight excluding hydrogens is 301 g/mol. The average molecular weight is 315 g/mol. The van der Waals surface area contributed by atoms with Gasteiger partial charge in [0, 0.05) is 17.1 Å². The van der Waals surface area contributed by atoms with Gasteiger partial charge < -0.3 is 5.32 Å². The van der Waals surface area contributed by atoms with Crippen molar-refractivity contribution >= 4 is 34.8 Å². The van der Waals surface area contributed by atoms with Crippen molar-refractivity contribution in [2.75, 3.05) is 7.05 Å². The summed E-state index contributed by atoms with van der Waals surface area (Å²) < 4.78 is 0. The molecule has 0 aliphatic carbocycles. The number of hydrogen-bond donors (Lipinski definition) is 1. The monoisotopic (exact) mass is 313 g/mol. The Bertz CT molecular complexity index is 585. The first kappa shape index (κ1) is 14.7. The van der Waals surface area contributed by atoms with Crippen LogP contribution in [0, 0.1) is 6.92 Å². The SMILES string of the molecule is CNCc1ccc(C)c(-c2c(Cl)cc(Cl)cc2Cl)c1. The quantitative estimate of drug-likeness (QED) is 0.806. The van der Waals surface area contributed by atoms with Gasteiger partial charge in [0.1, 0.15) is 0 Å². The molecule has 0 aromatic heterocycles. The molecule has 0 fully saturated rings. The number of benzene rings is 2. The van der Waals surface area contributed by atoms with Crippen molar-refractivity contribution in [2.24, 2.45) is 0 Å². The average Bonchev–Trinajstić information content (AvgIpc) is 2.32. The van der Waals surface area contributed by atoms with Crippen molar-refractivity contribution in [1.82, 2.24) is 5.32 Å². The predicted molar refractivity (Wildman–Crippen MR) is 84.4 cm³/mol. The summed E-state index contributed by atoms with van der Waals surface area (Å²) in [7, 11) is 1.92. The highest BCUT2D eigenvalue weighted by Gasteiger charge is 2.12. The van der Waals surface area contributed by atoms with Crippen molar-refractivity contribution in [3.63, 3.8) is 0 Å². The Hall–Kier alpha value is -0.730. The van der Waals surface area contributed by atoms with Crippen LogP contribution in [0.15, 0.2) is 30.3 Å². The second-order valence-corrected chi connectivity index (χ2v) is 5.67. The summed E-state index contributed by atoms with van der Waals surface area (Å²) in [5, 5.41) is 4.82. The standard InChI is InChI=1S/C15H14Cl3N/c1-9-3-4-10(8-19-2)5-12(9)15-13(17)6-11(16)7-14(15)18/h3-7,19H,8H2,1-2H3. The van der Waals surface area contributed by atoms with Gasteiger partial charge in [0.2, 0.25) is 0 Å². The summed E-state index contributed by atoms with van der Waals surface area (Å²) in [6.45, 7) is 2.84. The van der Waals surface area contributed by atoms with E-state index in [2.05, 4.69) is 23.5 Å². The zero-order chi connectivity index (χ0) is 14.0. The van der Waals surface area contributed by atoms with Crippen molar-refractivity contribution in [3.05, 3.63) is 56.5 Å². The molecule has 1 nitrogen and oxygen atoms in total. The summed E-state index contributed by atoms with van der Waals surface area (Å²) in [5.41, 5.74) is 4.19. The maximum Gasteiger partial charge on any atom is 0.0514 e. The molecule has 19 heavy (non-hydrogen) atoms. The van der Waals surface area contributed by atoms with Gasteiger partial charge >= 0.3 is 0 Å². The summed E-state index contributed by atoms with van der Waals surface area (Å²) in [4.78, 5) is 0. The number of nitrogens with one attached hydrogen (secondary N) is 1. The Morgan fingerprint density at radius 3 is 2.21 bits per heavy atom. The minimum atomic E-state index is 0.544. The molecule has 0 saturated carbocycles. The van der Waals surface area contributed by atoms with Crippen LogP contribution >= 0.6 is 34.8 Å². The van der Waals surface area contributed by atoms with Crippen LogP contribution in [-0.2, 0) is 6.54 Å². The van der Waals surface area contributed by atoms with E-state index in [9.17, 15) is 0 Å². The molecule has 2 aromatic carbocycles. The second kappa shape index (κ2) is 6.15. The molecule has 0 amide bonds. The normalized spacial score (nSPS) is 10.8. The molecule has 2 aromatic rings. The van der Waals surface area contributed by atoms with Gasteiger partial charge in [0.25, 0.3) is 0 Å². The van der Waals surface area contributed by atoms with Gasteiger partial charge in [-0.15, -0.1) is 0 Å². The van der Waals surface area contributed by atoms with E-state index in [1.165, 1.54) is 5.56 Å². The van der Waals surface area contributed by atoms with Crippen LogP contribution in [0.4, 0.5) is 0 Å². The van der Waals surface area contributed by atoms with E-state index < -0.39 is 0 Å². The number of aryl methyl sites for hydroxylation is 1. The topological polar surface area (TPSA) is 12.0 Å². The molecule has 0 bridgehead atoms. The third kappa shape index (κ3) is 3.24. The van der Waals surface area contributed by atoms with Crippen LogP contribution in [0.2, 0.25) is 15.1 Å². The molecule has 1 N–H and O–H groups in total. The lowest BCUT2D eigenvalue weighted by atomic mass is 9.98. The summed E-state index contributed by atoms with van der Waals surface area (Å²) in [6.07, 6.45) is 0. The van der Waals surface area contributed by atoms with Crippen LogP contribution in [0.3, 0.4) is 0 Å². The van der Waals surface area contributed by atoms with Crippen LogP contribution in [0.25, 0.3) is 11.1 Å². The van der Waals surface area contributed by atoms with Crippen LogP contribution in [0.5, 0.6) is 0 Å². The third-order valence-corrected chi connectivity index (χ3v) is 3.77. The molecule has 0 spiro atoms. The van der Waals surface area contributed by atoms with Crippen LogP contribution in [0.1, 0.15) is 11.1 Å². The number of halogens is 3. The zero-order valence-corrected chi connectivity index (χ0v) is 13.0. The highest BCUT2D eigenvalue weighted by atomic mass is 35.5. The Labute approximate surface area is 128 Å². The number of rotatable bonds is 3. The Morgan fingerprint density at radius 1 is 1.00 bits per heavy atom. The molecule has 0 heterocycles. The number of hydrogen-bond acceptors (Lipinski definition) is 1. The first-order valence-corrected chi connectivity index (χ1v) is 7.05. The largest absolute Gasteiger partial charge is 0.316 e. The van der Waals surface area contributed by atoms with E-state index in [-0.39, 0.29) is 0 Å². The lowest BCUT2D eigenvalue weighted by molar-refractivity contribution is 0.818. The molecule has 0 radical (unpaired) electrons. The minimum absolute atomic E-state index is 0.544. The van der Waals surface area contributed by atoms with Gasteiger partial charge in [-0.2, -0.15) is 0 Å². The molecule has 0 saturated heterocycles. The first-order chi connectivity index (χ1) is 9.02. The summed E-state index contributed by atoms with van der Waals surface area (Å²) in [5.74, 6) is 0. The lowest BCUT2D eigenvalue weighted by Gasteiger charge is -2.13. The maximum atomic E-state index is 6.29. The molecule has 0 atom stereocenters. The molecule has 0 unspecified atom stereocenters. The van der Waals surface area contributed by atoms with E-state index in [0.29, 0.717) is 15.1 Å².